The van der Waals surface area contributed by atoms with Crippen LogP contribution in [0.3, 0.4) is 0 Å². The van der Waals surface area contributed by atoms with Crippen LogP contribution in [0, 0.1) is 5.92 Å². The van der Waals surface area contributed by atoms with E-state index in [9.17, 15) is 8.42 Å². The fraction of sp³-hybridized carbons (Fsp3) is 0.300. The van der Waals surface area contributed by atoms with Gasteiger partial charge < -0.3 is 0 Å². The molecule has 0 saturated carbocycles. The minimum atomic E-state index is -3.53. The zero-order chi connectivity index (χ0) is 19.3. The third-order valence-corrected chi connectivity index (χ3v) is 5.57. The predicted octanol–water partition coefficient (Wildman–Crippen LogP) is 3.19. The number of nitrogens with zero attached hydrogens (tertiary/aromatic N) is 2. The van der Waals surface area contributed by atoms with Gasteiger partial charge in [-0.05, 0) is 30.0 Å². The van der Waals surface area contributed by atoms with Gasteiger partial charge in [0.25, 0.3) is 0 Å². The first-order chi connectivity index (χ1) is 12.9. The summed E-state index contributed by atoms with van der Waals surface area (Å²) in [4.78, 5) is 4.69. The number of aromatic amines is 1. The highest BCUT2D eigenvalue weighted by atomic mass is 32.2. The molecule has 1 aromatic heterocycles. The van der Waals surface area contributed by atoms with Crippen molar-refractivity contribution in [2.45, 2.75) is 31.6 Å². The lowest BCUT2D eigenvalue weighted by Gasteiger charge is -2.08. The second-order valence-electron chi connectivity index (χ2n) is 6.86. The molecule has 3 rings (SSSR count). The summed E-state index contributed by atoms with van der Waals surface area (Å²) in [5.41, 5.74) is 2.06. The third-order valence-electron chi connectivity index (χ3n) is 4.10. The number of hydrogen-bond donors (Lipinski definition) is 2. The Morgan fingerprint density at radius 3 is 2.41 bits per heavy atom. The van der Waals surface area contributed by atoms with Gasteiger partial charge in [0, 0.05) is 18.5 Å². The molecule has 2 N–H and O–H groups in total. The van der Waals surface area contributed by atoms with Crippen molar-refractivity contribution in [2.75, 3.05) is 6.54 Å². The summed E-state index contributed by atoms with van der Waals surface area (Å²) < 4.78 is 27.5. The van der Waals surface area contributed by atoms with Crippen LogP contribution in [-0.4, -0.2) is 30.1 Å². The Balaban J connectivity index is 1.57. The summed E-state index contributed by atoms with van der Waals surface area (Å²) >= 11 is 0. The summed E-state index contributed by atoms with van der Waals surface area (Å²) in [6, 6.07) is 16.7. The van der Waals surface area contributed by atoms with Crippen LogP contribution >= 0.6 is 0 Å². The van der Waals surface area contributed by atoms with E-state index in [1.165, 1.54) is 0 Å². The van der Waals surface area contributed by atoms with Crippen LogP contribution in [0.5, 0.6) is 0 Å². The van der Waals surface area contributed by atoms with Crippen molar-refractivity contribution >= 4 is 10.0 Å². The van der Waals surface area contributed by atoms with E-state index in [0.717, 1.165) is 17.5 Å². The Labute approximate surface area is 160 Å². The number of sulfonamides is 1. The SMILES string of the molecule is CC(C)Cc1ccc(S(=O)(=O)NCCc2nc(-c3ccccc3)n[nH]2)cc1. The van der Waals surface area contributed by atoms with Crippen LogP contribution < -0.4 is 4.72 Å². The standard InChI is InChI=1S/C20H24N4O2S/c1-15(2)14-16-8-10-18(11-9-16)27(25,26)21-13-12-19-22-20(24-23-19)17-6-4-3-5-7-17/h3-11,15,21H,12-14H2,1-2H3,(H,22,23,24). The molecule has 3 aromatic rings. The van der Waals surface area contributed by atoms with Crippen LogP contribution in [0.1, 0.15) is 25.2 Å². The molecule has 1 heterocycles. The van der Waals surface area contributed by atoms with Gasteiger partial charge in [0.1, 0.15) is 5.82 Å². The molecular weight excluding hydrogens is 360 g/mol. The molecule has 0 aliphatic heterocycles. The van der Waals surface area contributed by atoms with E-state index in [1.54, 1.807) is 12.1 Å². The molecule has 142 valence electrons. The molecule has 0 radical (unpaired) electrons. The highest BCUT2D eigenvalue weighted by Gasteiger charge is 2.14. The van der Waals surface area contributed by atoms with Gasteiger partial charge in [-0.15, -0.1) is 0 Å². The van der Waals surface area contributed by atoms with Crippen molar-refractivity contribution in [3.05, 3.63) is 66.0 Å². The van der Waals surface area contributed by atoms with Crippen molar-refractivity contribution in [1.82, 2.24) is 19.9 Å². The van der Waals surface area contributed by atoms with Crippen molar-refractivity contribution < 1.29 is 8.42 Å². The Bertz CT molecular complexity index is 965. The van der Waals surface area contributed by atoms with Gasteiger partial charge in [-0.3, -0.25) is 5.10 Å². The van der Waals surface area contributed by atoms with Gasteiger partial charge in [-0.25, -0.2) is 18.1 Å². The Hall–Kier alpha value is -2.51. The zero-order valence-corrected chi connectivity index (χ0v) is 16.3. The van der Waals surface area contributed by atoms with E-state index in [-0.39, 0.29) is 11.4 Å². The number of rotatable bonds is 8. The molecule has 0 spiro atoms. The molecular formula is C20H24N4O2S. The number of benzene rings is 2. The van der Waals surface area contributed by atoms with E-state index < -0.39 is 10.0 Å². The molecule has 0 fully saturated rings. The molecule has 2 aromatic carbocycles. The van der Waals surface area contributed by atoms with Crippen molar-refractivity contribution in [1.29, 1.82) is 0 Å². The first-order valence-electron chi connectivity index (χ1n) is 8.99. The normalized spacial score (nSPS) is 11.8. The summed E-state index contributed by atoms with van der Waals surface area (Å²) in [7, 11) is -3.53. The van der Waals surface area contributed by atoms with E-state index in [2.05, 4.69) is 33.8 Å². The molecule has 27 heavy (non-hydrogen) atoms. The topological polar surface area (TPSA) is 87.7 Å². The highest BCUT2D eigenvalue weighted by molar-refractivity contribution is 7.89. The van der Waals surface area contributed by atoms with Crippen LogP contribution in [-0.2, 0) is 22.9 Å². The van der Waals surface area contributed by atoms with Gasteiger partial charge in [-0.2, -0.15) is 5.10 Å². The van der Waals surface area contributed by atoms with E-state index in [4.69, 9.17) is 0 Å². The van der Waals surface area contributed by atoms with Crippen molar-refractivity contribution in [3.63, 3.8) is 0 Å². The lowest BCUT2D eigenvalue weighted by atomic mass is 10.0. The molecule has 0 atom stereocenters. The molecule has 0 aliphatic rings. The van der Waals surface area contributed by atoms with Gasteiger partial charge >= 0.3 is 0 Å². The van der Waals surface area contributed by atoms with Gasteiger partial charge in [0.15, 0.2) is 5.82 Å². The monoisotopic (exact) mass is 384 g/mol. The average molecular weight is 385 g/mol. The van der Waals surface area contributed by atoms with Gasteiger partial charge in [0.2, 0.25) is 10.0 Å². The predicted molar refractivity (Wildman–Crippen MR) is 106 cm³/mol. The molecule has 0 aliphatic carbocycles. The summed E-state index contributed by atoms with van der Waals surface area (Å²) in [5.74, 6) is 1.78. The molecule has 6 nitrogen and oxygen atoms in total. The number of H-pyrrole nitrogens is 1. The maximum absolute atomic E-state index is 12.4. The number of nitrogens with one attached hydrogen (secondary N) is 2. The van der Waals surface area contributed by atoms with E-state index in [0.29, 0.717) is 24.0 Å². The maximum Gasteiger partial charge on any atom is 0.240 e. The molecule has 0 saturated heterocycles. The minimum Gasteiger partial charge on any atom is -0.263 e. The first-order valence-corrected chi connectivity index (χ1v) is 10.5. The number of aromatic nitrogens is 3. The second-order valence-corrected chi connectivity index (χ2v) is 8.63. The summed E-state index contributed by atoms with van der Waals surface area (Å²) in [6.07, 6.45) is 1.37. The average Bonchev–Trinajstić information content (AvgIpc) is 3.11. The van der Waals surface area contributed by atoms with Crippen LogP contribution in [0.4, 0.5) is 0 Å². The van der Waals surface area contributed by atoms with Crippen molar-refractivity contribution in [3.8, 4) is 11.4 Å². The van der Waals surface area contributed by atoms with Crippen LogP contribution in [0.15, 0.2) is 59.5 Å². The Kier molecular flexibility index (Phi) is 6.03. The lowest BCUT2D eigenvalue weighted by molar-refractivity contribution is 0.580. The van der Waals surface area contributed by atoms with Gasteiger partial charge in [-0.1, -0.05) is 56.3 Å². The molecule has 0 amide bonds. The van der Waals surface area contributed by atoms with Crippen LogP contribution in [0.2, 0.25) is 0 Å². The molecule has 0 bridgehead atoms. The largest absolute Gasteiger partial charge is 0.263 e. The van der Waals surface area contributed by atoms with E-state index >= 15 is 0 Å². The smallest absolute Gasteiger partial charge is 0.240 e. The van der Waals surface area contributed by atoms with Crippen molar-refractivity contribution in [2.24, 2.45) is 5.92 Å². The quantitative estimate of drug-likeness (QED) is 0.624. The molecule has 0 unspecified atom stereocenters. The minimum absolute atomic E-state index is 0.250. The lowest BCUT2D eigenvalue weighted by Crippen LogP contribution is -2.26. The zero-order valence-electron chi connectivity index (χ0n) is 15.5. The van der Waals surface area contributed by atoms with E-state index in [1.807, 2.05) is 42.5 Å². The Morgan fingerprint density at radius 2 is 1.74 bits per heavy atom. The fourth-order valence-electron chi connectivity index (χ4n) is 2.79. The van der Waals surface area contributed by atoms with Gasteiger partial charge in [0.05, 0.1) is 4.90 Å². The summed E-state index contributed by atoms with van der Waals surface area (Å²) in [6.45, 7) is 4.53. The number of hydrogen-bond acceptors (Lipinski definition) is 4. The van der Waals surface area contributed by atoms with Crippen LogP contribution in [0.25, 0.3) is 11.4 Å². The summed E-state index contributed by atoms with van der Waals surface area (Å²) in [5, 5.41) is 7.04. The maximum atomic E-state index is 12.4. The third kappa shape index (κ3) is 5.24. The first kappa shape index (κ1) is 19.3. The Morgan fingerprint density at radius 1 is 1.04 bits per heavy atom. The molecule has 7 heteroatoms. The second kappa shape index (κ2) is 8.45. The highest BCUT2D eigenvalue weighted by Crippen LogP contribution is 2.15. The fourth-order valence-corrected chi connectivity index (χ4v) is 3.82.